The van der Waals surface area contributed by atoms with Crippen molar-refractivity contribution < 1.29 is 19.1 Å². The van der Waals surface area contributed by atoms with E-state index in [0.29, 0.717) is 28.8 Å². The molecule has 0 saturated heterocycles. The van der Waals surface area contributed by atoms with Gasteiger partial charge in [0.05, 0.1) is 30.2 Å². The Morgan fingerprint density at radius 3 is 2.51 bits per heavy atom. The Morgan fingerprint density at radius 1 is 0.949 bits per heavy atom. The van der Waals surface area contributed by atoms with Gasteiger partial charge < -0.3 is 19.8 Å². The van der Waals surface area contributed by atoms with Crippen LogP contribution in [0.2, 0.25) is 0 Å². The Kier molecular flexibility index (Phi) is 7.93. The van der Waals surface area contributed by atoms with Crippen molar-refractivity contribution in [1.29, 1.82) is 0 Å². The third-order valence-electron chi connectivity index (χ3n) is 5.90. The minimum atomic E-state index is -0.486. The largest absolute Gasteiger partial charge is 0.494 e. The summed E-state index contributed by atoms with van der Waals surface area (Å²) in [6.45, 7) is 4.49. The molecule has 0 bridgehead atoms. The van der Waals surface area contributed by atoms with Gasteiger partial charge >= 0.3 is 5.97 Å². The minimum Gasteiger partial charge on any atom is -0.494 e. The first kappa shape index (κ1) is 26.1. The van der Waals surface area contributed by atoms with Crippen LogP contribution in [-0.4, -0.2) is 50.6 Å². The molecular weight excluding hydrogens is 514 g/mol. The zero-order valence-electron chi connectivity index (χ0n) is 21.5. The molecular formula is C29H27N5O4S. The Hall–Kier alpha value is -4.57. The smallest absolute Gasteiger partial charge is 0.340 e. The summed E-state index contributed by atoms with van der Waals surface area (Å²) >= 11 is 1.25. The second-order valence-corrected chi connectivity index (χ2v) is 9.36. The van der Waals surface area contributed by atoms with Gasteiger partial charge in [0.1, 0.15) is 5.75 Å². The van der Waals surface area contributed by atoms with Gasteiger partial charge in [-0.2, -0.15) is 0 Å². The highest BCUT2D eigenvalue weighted by molar-refractivity contribution is 7.99. The molecule has 0 aliphatic heterocycles. The molecule has 0 unspecified atom stereocenters. The standard InChI is InChI=1S/C29H27N5O4S/c1-3-37-20-15-13-19(14-16-20)34-27(23-17-30-24-11-7-5-9-21(23)24)32-33-29(34)39-18-26(35)31-25-12-8-6-10-22(25)28(36)38-4-2/h5-17,30H,3-4,18H2,1-2H3,(H,31,35). The average molecular weight is 542 g/mol. The molecule has 3 aromatic carbocycles. The van der Waals surface area contributed by atoms with E-state index in [4.69, 9.17) is 9.47 Å². The Bertz CT molecular complexity index is 1610. The number of benzene rings is 3. The Morgan fingerprint density at radius 2 is 1.72 bits per heavy atom. The summed E-state index contributed by atoms with van der Waals surface area (Å²) in [5.41, 5.74) is 3.42. The van der Waals surface area contributed by atoms with Crippen molar-refractivity contribution in [2.75, 3.05) is 24.3 Å². The highest BCUT2D eigenvalue weighted by Crippen LogP contribution is 2.33. The van der Waals surface area contributed by atoms with E-state index in [9.17, 15) is 9.59 Å². The minimum absolute atomic E-state index is 0.0558. The van der Waals surface area contributed by atoms with Crippen molar-refractivity contribution in [2.24, 2.45) is 0 Å². The summed E-state index contributed by atoms with van der Waals surface area (Å²) < 4.78 is 12.6. The van der Waals surface area contributed by atoms with Crippen molar-refractivity contribution in [3.63, 3.8) is 0 Å². The number of thioether (sulfide) groups is 1. The first-order chi connectivity index (χ1) is 19.1. The first-order valence-electron chi connectivity index (χ1n) is 12.5. The number of anilines is 1. The molecule has 0 fully saturated rings. The van der Waals surface area contributed by atoms with Gasteiger partial charge in [-0.1, -0.05) is 42.1 Å². The van der Waals surface area contributed by atoms with Crippen molar-refractivity contribution >= 4 is 40.2 Å². The maximum atomic E-state index is 12.9. The summed E-state index contributed by atoms with van der Waals surface area (Å²) in [6.07, 6.45) is 1.91. The lowest BCUT2D eigenvalue weighted by atomic mass is 10.1. The molecule has 2 aromatic heterocycles. The van der Waals surface area contributed by atoms with E-state index in [-0.39, 0.29) is 18.3 Å². The molecule has 10 heteroatoms. The summed E-state index contributed by atoms with van der Waals surface area (Å²) in [7, 11) is 0. The number of para-hydroxylation sites is 2. The van der Waals surface area contributed by atoms with Crippen LogP contribution in [0.4, 0.5) is 5.69 Å². The molecule has 0 radical (unpaired) electrons. The fourth-order valence-electron chi connectivity index (χ4n) is 4.18. The molecule has 2 heterocycles. The van der Waals surface area contributed by atoms with E-state index in [2.05, 4.69) is 20.5 Å². The van der Waals surface area contributed by atoms with Gasteiger partial charge in [0.15, 0.2) is 11.0 Å². The normalized spacial score (nSPS) is 10.9. The number of nitrogens with one attached hydrogen (secondary N) is 2. The molecule has 0 aliphatic rings. The lowest BCUT2D eigenvalue weighted by molar-refractivity contribution is -0.113. The maximum Gasteiger partial charge on any atom is 0.340 e. The molecule has 0 atom stereocenters. The van der Waals surface area contributed by atoms with E-state index in [0.717, 1.165) is 27.9 Å². The molecule has 39 heavy (non-hydrogen) atoms. The Labute approximate surface area is 229 Å². The summed E-state index contributed by atoms with van der Waals surface area (Å²) in [5, 5.41) is 13.3. The average Bonchev–Trinajstić information content (AvgIpc) is 3.57. The zero-order chi connectivity index (χ0) is 27.2. The molecule has 2 N–H and O–H groups in total. The number of hydrogen-bond acceptors (Lipinski definition) is 7. The number of nitrogens with zero attached hydrogens (tertiary/aromatic N) is 3. The predicted octanol–water partition coefficient (Wildman–Crippen LogP) is 5.72. The number of carbonyl (C=O) groups is 2. The number of esters is 1. The van der Waals surface area contributed by atoms with Crippen LogP contribution in [0.15, 0.2) is 84.1 Å². The van der Waals surface area contributed by atoms with Crippen LogP contribution in [0.1, 0.15) is 24.2 Å². The second kappa shape index (κ2) is 11.9. The van der Waals surface area contributed by atoms with Gasteiger partial charge in [-0.25, -0.2) is 4.79 Å². The van der Waals surface area contributed by atoms with Gasteiger partial charge in [-0.15, -0.1) is 10.2 Å². The summed E-state index contributed by atoms with van der Waals surface area (Å²) in [6, 6.07) is 22.4. The number of hydrogen-bond donors (Lipinski definition) is 2. The number of ether oxygens (including phenoxy) is 2. The molecule has 5 rings (SSSR count). The van der Waals surface area contributed by atoms with Crippen LogP contribution >= 0.6 is 11.8 Å². The SMILES string of the molecule is CCOC(=O)c1ccccc1NC(=O)CSc1nnc(-c2c[nH]c3ccccc23)n1-c1ccc(OCC)cc1. The molecule has 0 saturated carbocycles. The highest BCUT2D eigenvalue weighted by Gasteiger charge is 2.20. The fraction of sp³-hybridized carbons (Fsp3) is 0.172. The van der Waals surface area contributed by atoms with Crippen LogP contribution in [0.3, 0.4) is 0 Å². The van der Waals surface area contributed by atoms with Gasteiger partial charge in [0, 0.05) is 28.4 Å². The second-order valence-electron chi connectivity index (χ2n) is 8.42. The number of H-pyrrole nitrogens is 1. The molecule has 198 valence electrons. The zero-order valence-corrected chi connectivity index (χ0v) is 22.3. The number of aromatic amines is 1. The fourth-order valence-corrected chi connectivity index (χ4v) is 4.93. The van der Waals surface area contributed by atoms with Gasteiger partial charge in [-0.3, -0.25) is 9.36 Å². The van der Waals surface area contributed by atoms with Crippen molar-refractivity contribution in [3.05, 3.63) is 84.6 Å². The summed E-state index contributed by atoms with van der Waals surface area (Å²) in [4.78, 5) is 28.5. The number of fused-ring (bicyclic) bond motifs is 1. The Balaban J connectivity index is 1.43. The van der Waals surface area contributed by atoms with Crippen LogP contribution < -0.4 is 10.1 Å². The quantitative estimate of drug-likeness (QED) is 0.172. The van der Waals surface area contributed by atoms with E-state index >= 15 is 0 Å². The third-order valence-corrected chi connectivity index (χ3v) is 6.83. The molecule has 1 amide bonds. The molecule has 0 aliphatic carbocycles. The van der Waals surface area contributed by atoms with Crippen LogP contribution in [0, 0.1) is 0 Å². The van der Waals surface area contributed by atoms with Crippen molar-refractivity contribution in [1.82, 2.24) is 19.7 Å². The highest BCUT2D eigenvalue weighted by atomic mass is 32.2. The lowest BCUT2D eigenvalue weighted by Gasteiger charge is -2.12. The molecule has 0 spiro atoms. The first-order valence-corrected chi connectivity index (χ1v) is 13.5. The third kappa shape index (κ3) is 5.65. The van der Waals surface area contributed by atoms with Gasteiger partial charge in [-0.05, 0) is 56.3 Å². The van der Waals surface area contributed by atoms with E-state index in [1.165, 1.54) is 11.8 Å². The van der Waals surface area contributed by atoms with E-state index in [1.54, 1.807) is 31.2 Å². The van der Waals surface area contributed by atoms with Crippen molar-refractivity contribution in [3.8, 4) is 22.8 Å². The van der Waals surface area contributed by atoms with E-state index < -0.39 is 5.97 Å². The van der Waals surface area contributed by atoms with Crippen molar-refractivity contribution in [2.45, 2.75) is 19.0 Å². The van der Waals surface area contributed by atoms with Gasteiger partial charge in [0.2, 0.25) is 5.91 Å². The van der Waals surface area contributed by atoms with Crippen LogP contribution in [-0.2, 0) is 9.53 Å². The molecule has 9 nitrogen and oxygen atoms in total. The lowest BCUT2D eigenvalue weighted by Crippen LogP contribution is -2.17. The summed E-state index contributed by atoms with van der Waals surface area (Å²) in [5.74, 6) is 0.690. The van der Waals surface area contributed by atoms with Gasteiger partial charge in [0.25, 0.3) is 0 Å². The number of amides is 1. The number of aromatic nitrogens is 4. The number of carbonyl (C=O) groups excluding carboxylic acids is 2. The van der Waals surface area contributed by atoms with E-state index in [1.807, 2.05) is 66.2 Å². The van der Waals surface area contributed by atoms with Crippen LogP contribution in [0.25, 0.3) is 28.0 Å². The molecule has 5 aromatic rings. The number of rotatable bonds is 10. The monoisotopic (exact) mass is 541 g/mol. The topological polar surface area (TPSA) is 111 Å². The van der Waals surface area contributed by atoms with Crippen LogP contribution in [0.5, 0.6) is 5.75 Å². The maximum absolute atomic E-state index is 12.9. The predicted molar refractivity (Wildman–Crippen MR) is 152 cm³/mol.